The van der Waals surface area contributed by atoms with Crippen LogP contribution in [0.4, 0.5) is 16.2 Å². The van der Waals surface area contributed by atoms with Crippen LogP contribution in [-0.4, -0.2) is 29.3 Å². The molecule has 0 radical (unpaired) electrons. The second-order valence-electron chi connectivity index (χ2n) is 8.02. The lowest BCUT2D eigenvalue weighted by atomic mass is 9.62. The predicted octanol–water partition coefficient (Wildman–Crippen LogP) is 4.05. The lowest BCUT2D eigenvalue weighted by molar-refractivity contribution is -0.386. The van der Waals surface area contributed by atoms with E-state index in [0.29, 0.717) is 16.8 Å². The van der Waals surface area contributed by atoms with Gasteiger partial charge in [0.05, 0.1) is 22.8 Å². The van der Waals surface area contributed by atoms with Gasteiger partial charge in [-0.3, -0.25) is 15.4 Å². The van der Waals surface area contributed by atoms with Gasteiger partial charge in [0.25, 0.3) is 5.69 Å². The third-order valence-corrected chi connectivity index (χ3v) is 5.24. The molecule has 0 saturated carbocycles. The Labute approximate surface area is 153 Å². The summed E-state index contributed by atoms with van der Waals surface area (Å²) in [5.74, 6) is 0. The molecule has 7 nitrogen and oxygen atoms in total. The Morgan fingerprint density at radius 1 is 1.31 bits per heavy atom. The zero-order valence-corrected chi connectivity index (χ0v) is 16.1. The number of nitrogens with one attached hydrogen (secondary N) is 1. The molecule has 0 unspecified atom stereocenters. The van der Waals surface area contributed by atoms with Crippen LogP contribution in [0.5, 0.6) is 0 Å². The van der Waals surface area contributed by atoms with Crippen LogP contribution in [0.15, 0.2) is 6.07 Å². The molecule has 0 fully saturated rings. The zero-order chi connectivity index (χ0) is 19.7. The average Bonchev–Trinajstić information content (AvgIpc) is 2.53. The van der Waals surface area contributed by atoms with Crippen LogP contribution in [0.25, 0.3) is 0 Å². The number of hydrogen-bond acceptors (Lipinski definition) is 5. The topological polar surface area (TPSA) is 102 Å². The van der Waals surface area contributed by atoms with E-state index in [1.165, 1.54) is 0 Å². The van der Waals surface area contributed by atoms with Gasteiger partial charge in [-0.1, -0.05) is 27.7 Å². The summed E-state index contributed by atoms with van der Waals surface area (Å²) in [7, 11) is 0. The van der Waals surface area contributed by atoms with Gasteiger partial charge in [0.2, 0.25) is 0 Å². The number of nitro benzene ring substituents is 1. The van der Waals surface area contributed by atoms with Gasteiger partial charge in [-0.25, -0.2) is 4.79 Å². The molecule has 26 heavy (non-hydrogen) atoms. The standard InChI is InChI=1S/C19H28N2O5/c1-6-26-17(23)20-14-11-13-15(16(21(24)25)12(14)7-10-22)19(4,5)9-8-18(13,2)3/h11,22H,6-10H2,1-5H3,(H,20,23). The van der Waals surface area contributed by atoms with Gasteiger partial charge in [-0.2, -0.15) is 0 Å². The van der Waals surface area contributed by atoms with Gasteiger partial charge < -0.3 is 9.84 Å². The minimum absolute atomic E-state index is 0.00104. The molecule has 0 heterocycles. The minimum Gasteiger partial charge on any atom is -0.450 e. The van der Waals surface area contributed by atoms with E-state index in [1.807, 2.05) is 19.9 Å². The van der Waals surface area contributed by atoms with E-state index in [1.54, 1.807) is 6.92 Å². The fourth-order valence-electron chi connectivity index (χ4n) is 3.77. The molecule has 0 spiro atoms. The van der Waals surface area contributed by atoms with E-state index in [9.17, 15) is 20.0 Å². The Balaban J connectivity index is 2.80. The monoisotopic (exact) mass is 364 g/mol. The highest BCUT2D eigenvalue weighted by Gasteiger charge is 2.44. The Hall–Kier alpha value is -2.15. The largest absolute Gasteiger partial charge is 0.450 e. The third-order valence-electron chi connectivity index (χ3n) is 5.24. The number of fused-ring (bicyclic) bond motifs is 1. The number of anilines is 1. The Kier molecular flexibility index (Phi) is 5.61. The smallest absolute Gasteiger partial charge is 0.411 e. The van der Waals surface area contributed by atoms with Crippen molar-refractivity contribution in [2.24, 2.45) is 0 Å². The van der Waals surface area contributed by atoms with Gasteiger partial charge in [-0.15, -0.1) is 0 Å². The average molecular weight is 364 g/mol. The van der Waals surface area contributed by atoms with Crippen LogP contribution in [0.2, 0.25) is 0 Å². The van der Waals surface area contributed by atoms with Crippen LogP contribution in [0.3, 0.4) is 0 Å². The first-order valence-corrected chi connectivity index (χ1v) is 8.95. The highest BCUT2D eigenvalue weighted by molar-refractivity contribution is 5.88. The number of rotatable bonds is 5. The number of benzene rings is 1. The second kappa shape index (κ2) is 7.23. The van der Waals surface area contributed by atoms with E-state index in [2.05, 4.69) is 19.2 Å². The van der Waals surface area contributed by atoms with Crippen molar-refractivity contribution in [2.45, 2.75) is 64.7 Å². The lowest BCUT2D eigenvalue weighted by Crippen LogP contribution is -2.35. The Morgan fingerprint density at radius 3 is 2.46 bits per heavy atom. The number of nitro groups is 1. The fraction of sp³-hybridized carbons (Fsp3) is 0.632. The highest BCUT2D eigenvalue weighted by atomic mass is 16.6. The molecule has 1 aliphatic carbocycles. The normalized spacial score (nSPS) is 17.3. The SMILES string of the molecule is CCOC(=O)Nc1cc2c(c([N+](=O)[O-])c1CCO)C(C)(C)CCC2(C)C. The van der Waals surface area contributed by atoms with Crippen molar-refractivity contribution >= 4 is 17.5 Å². The fourth-order valence-corrected chi connectivity index (χ4v) is 3.77. The number of carbonyl (C=O) groups is 1. The summed E-state index contributed by atoms with van der Waals surface area (Å²) in [6, 6.07) is 1.82. The van der Waals surface area contributed by atoms with Gasteiger partial charge in [0, 0.05) is 18.6 Å². The molecular weight excluding hydrogens is 336 g/mol. The first-order valence-electron chi connectivity index (χ1n) is 8.95. The first-order chi connectivity index (χ1) is 12.0. The molecule has 144 valence electrons. The lowest BCUT2D eigenvalue weighted by Gasteiger charge is -2.42. The maximum absolute atomic E-state index is 12.0. The van der Waals surface area contributed by atoms with Gasteiger partial charge in [0.1, 0.15) is 0 Å². The summed E-state index contributed by atoms with van der Waals surface area (Å²) >= 11 is 0. The van der Waals surface area contributed by atoms with Crippen LogP contribution < -0.4 is 5.32 Å². The Morgan fingerprint density at radius 2 is 1.92 bits per heavy atom. The van der Waals surface area contributed by atoms with Gasteiger partial charge in [0.15, 0.2) is 0 Å². The zero-order valence-electron chi connectivity index (χ0n) is 16.1. The maximum Gasteiger partial charge on any atom is 0.411 e. The van der Waals surface area contributed by atoms with Crippen molar-refractivity contribution in [3.8, 4) is 0 Å². The van der Waals surface area contributed by atoms with E-state index in [0.717, 1.165) is 18.4 Å². The van der Waals surface area contributed by atoms with Crippen molar-refractivity contribution in [3.05, 3.63) is 32.9 Å². The van der Waals surface area contributed by atoms with Crippen molar-refractivity contribution in [1.29, 1.82) is 0 Å². The molecule has 2 N–H and O–H groups in total. The number of hydrogen-bond donors (Lipinski definition) is 2. The summed E-state index contributed by atoms with van der Waals surface area (Å²) in [5.41, 5.74) is 1.65. The van der Waals surface area contributed by atoms with E-state index in [-0.39, 0.29) is 41.1 Å². The predicted molar refractivity (Wildman–Crippen MR) is 99.8 cm³/mol. The van der Waals surface area contributed by atoms with E-state index < -0.39 is 6.09 Å². The van der Waals surface area contributed by atoms with Gasteiger partial charge in [-0.05, 0) is 42.2 Å². The van der Waals surface area contributed by atoms with Crippen LogP contribution >= 0.6 is 0 Å². The quantitative estimate of drug-likeness (QED) is 0.606. The highest BCUT2D eigenvalue weighted by Crippen LogP contribution is 2.51. The maximum atomic E-state index is 12.0. The molecule has 0 saturated heterocycles. The number of nitrogens with zero attached hydrogens (tertiary/aromatic N) is 1. The summed E-state index contributed by atoms with van der Waals surface area (Å²) in [4.78, 5) is 23.6. The third kappa shape index (κ3) is 3.67. The summed E-state index contributed by atoms with van der Waals surface area (Å²) in [5, 5.41) is 24.1. The molecule has 1 aliphatic rings. The summed E-state index contributed by atoms with van der Waals surface area (Å²) in [6.45, 7) is 9.78. The van der Waals surface area contributed by atoms with Crippen LogP contribution in [0, 0.1) is 10.1 Å². The molecule has 1 aromatic carbocycles. The molecular formula is C19H28N2O5. The Bertz CT molecular complexity index is 725. The van der Waals surface area contributed by atoms with Crippen LogP contribution in [-0.2, 0) is 22.0 Å². The summed E-state index contributed by atoms with van der Waals surface area (Å²) < 4.78 is 4.93. The first kappa shape index (κ1) is 20.2. The van der Waals surface area contributed by atoms with Crippen molar-refractivity contribution < 1.29 is 19.6 Å². The van der Waals surface area contributed by atoms with Crippen molar-refractivity contribution in [1.82, 2.24) is 0 Å². The number of aliphatic hydroxyl groups excluding tert-OH is 1. The molecule has 2 rings (SSSR count). The number of aliphatic hydroxyl groups is 1. The summed E-state index contributed by atoms with van der Waals surface area (Å²) in [6.07, 6.45) is 1.15. The molecule has 0 atom stereocenters. The van der Waals surface area contributed by atoms with Crippen molar-refractivity contribution in [3.63, 3.8) is 0 Å². The molecule has 0 aliphatic heterocycles. The second-order valence-corrected chi connectivity index (χ2v) is 8.02. The van der Waals surface area contributed by atoms with Crippen molar-refractivity contribution in [2.75, 3.05) is 18.5 Å². The molecule has 0 aromatic heterocycles. The van der Waals surface area contributed by atoms with Crippen LogP contribution in [0.1, 0.15) is 64.2 Å². The van der Waals surface area contributed by atoms with Gasteiger partial charge >= 0.3 is 6.09 Å². The molecule has 0 bridgehead atoms. The number of amides is 1. The van der Waals surface area contributed by atoms with E-state index >= 15 is 0 Å². The number of carbonyl (C=O) groups excluding carboxylic acids is 1. The molecule has 1 amide bonds. The van der Waals surface area contributed by atoms with E-state index in [4.69, 9.17) is 4.74 Å². The molecule has 1 aromatic rings. The molecule has 7 heteroatoms. The number of ether oxygens (including phenoxy) is 1. The minimum atomic E-state index is -0.659.